The van der Waals surface area contributed by atoms with Crippen LogP contribution in [0.2, 0.25) is 0 Å². The Labute approximate surface area is 69.0 Å². The largest absolute Gasteiger partial charge is 0.207 e. The highest BCUT2D eigenvalue weighted by Gasteiger charge is 2.01. The van der Waals surface area contributed by atoms with Crippen molar-refractivity contribution in [3.05, 3.63) is 29.6 Å². The van der Waals surface area contributed by atoms with E-state index in [0.29, 0.717) is 5.92 Å². The van der Waals surface area contributed by atoms with Gasteiger partial charge in [0.05, 0.1) is 0 Å². The summed E-state index contributed by atoms with van der Waals surface area (Å²) in [6, 6.07) is 5.08. The number of benzene rings is 1. The molecule has 0 N–H and O–H groups in total. The molecule has 1 aromatic rings. The lowest BCUT2D eigenvalue weighted by molar-refractivity contribution is 0.624. The number of hydrogen-bond acceptors (Lipinski definition) is 0. The normalized spacial score (nSPS) is 10.6. The van der Waals surface area contributed by atoms with Crippen molar-refractivity contribution in [2.75, 3.05) is 0 Å². The molecule has 0 bridgehead atoms. The second-order valence-electron chi connectivity index (χ2n) is 2.97. The number of hydrogen-bond donors (Lipinski definition) is 0. The van der Waals surface area contributed by atoms with Crippen LogP contribution in [0.25, 0.3) is 0 Å². The van der Waals surface area contributed by atoms with Crippen molar-refractivity contribution in [3.63, 3.8) is 0 Å². The van der Waals surface area contributed by atoms with Gasteiger partial charge in [0.25, 0.3) is 0 Å². The average Bonchev–Trinajstić information content (AvgIpc) is 1.85. The molecule has 0 aromatic heterocycles. The summed E-state index contributed by atoms with van der Waals surface area (Å²) in [7, 11) is 2.50. The summed E-state index contributed by atoms with van der Waals surface area (Å²) < 4.78 is 12.8. The van der Waals surface area contributed by atoms with Gasteiger partial charge in [0.15, 0.2) is 0 Å². The molecule has 0 spiro atoms. The molecule has 0 radical (unpaired) electrons. The van der Waals surface area contributed by atoms with Crippen LogP contribution in [0.3, 0.4) is 0 Å². The Balaban J connectivity index is 3.08. The van der Waals surface area contributed by atoms with Gasteiger partial charge in [-0.15, -0.1) is 9.24 Å². The quantitative estimate of drug-likeness (QED) is 0.568. The fraction of sp³-hybridized carbons (Fsp3) is 0.333. The van der Waals surface area contributed by atoms with Crippen molar-refractivity contribution in [2.45, 2.75) is 19.8 Å². The van der Waals surface area contributed by atoms with Crippen LogP contribution in [0.4, 0.5) is 4.39 Å². The molecule has 2 heteroatoms. The first kappa shape index (κ1) is 8.67. The first-order valence-corrected chi connectivity index (χ1v) is 4.23. The Hall–Kier alpha value is -0.420. The van der Waals surface area contributed by atoms with E-state index in [-0.39, 0.29) is 5.82 Å². The van der Waals surface area contributed by atoms with E-state index in [1.807, 2.05) is 6.07 Å². The fourth-order valence-corrected chi connectivity index (χ4v) is 1.32. The summed E-state index contributed by atoms with van der Waals surface area (Å²) in [5, 5.41) is 0.911. The van der Waals surface area contributed by atoms with Gasteiger partial charge in [-0.2, -0.15) is 0 Å². The lowest BCUT2D eigenvalue weighted by atomic mass is 10.0. The van der Waals surface area contributed by atoms with Crippen LogP contribution in [0.5, 0.6) is 0 Å². The minimum absolute atomic E-state index is 0.152. The second kappa shape index (κ2) is 3.32. The molecule has 1 rings (SSSR count). The van der Waals surface area contributed by atoms with Crippen molar-refractivity contribution in [3.8, 4) is 0 Å². The maximum absolute atomic E-state index is 12.8. The predicted octanol–water partition coefficient (Wildman–Crippen LogP) is 2.45. The summed E-state index contributed by atoms with van der Waals surface area (Å²) >= 11 is 0. The van der Waals surface area contributed by atoms with Crippen LogP contribution in [0.15, 0.2) is 18.2 Å². The van der Waals surface area contributed by atoms with Gasteiger partial charge in [0.1, 0.15) is 5.82 Å². The van der Waals surface area contributed by atoms with Gasteiger partial charge in [-0.25, -0.2) is 4.39 Å². The molecule has 0 saturated heterocycles. The smallest absolute Gasteiger partial charge is 0.124 e. The maximum Gasteiger partial charge on any atom is 0.124 e. The molecule has 11 heavy (non-hydrogen) atoms. The molecule has 0 aliphatic rings. The van der Waals surface area contributed by atoms with Crippen molar-refractivity contribution in [1.82, 2.24) is 0 Å². The average molecular weight is 170 g/mol. The third-order valence-corrected chi connectivity index (χ3v) is 1.94. The third kappa shape index (κ3) is 2.27. The van der Waals surface area contributed by atoms with E-state index in [2.05, 4.69) is 23.1 Å². The molecule has 1 atom stereocenters. The molecular formula is C9H12FP. The second-order valence-corrected chi connectivity index (χ2v) is 3.64. The first-order valence-electron chi connectivity index (χ1n) is 3.65. The van der Waals surface area contributed by atoms with Gasteiger partial charge in [0, 0.05) is 0 Å². The van der Waals surface area contributed by atoms with E-state index in [1.54, 1.807) is 6.07 Å². The van der Waals surface area contributed by atoms with Gasteiger partial charge in [-0.05, 0) is 28.9 Å². The van der Waals surface area contributed by atoms with Crippen LogP contribution in [0.1, 0.15) is 25.3 Å². The molecule has 1 unspecified atom stereocenters. The van der Waals surface area contributed by atoms with E-state index in [9.17, 15) is 4.39 Å². The van der Waals surface area contributed by atoms with Gasteiger partial charge >= 0.3 is 0 Å². The van der Waals surface area contributed by atoms with Crippen molar-refractivity contribution in [1.29, 1.82) is 0 Å². The summed E-state index contributed by atoms with van der Waals surface area (Å²) in [4.78, 5) is 0. The highest BCUT2D eigenvalue weighted by molar-refractivity contribution is 7.27. The third-order valence-electron chi connectivity index (χ3n) is 1.61. The molecule has 0 heterocycles. The van der Waals surface area contributed by atoms with E-state index in [0.717, 1.165) is 10.9 Å². The van der Waals surface area contributed by atoms with Crippen LogP contribution < -0.4 is 5.30 Å². The zero-order chi connectivity index (χ0) is 8.43. The molecule has 0 aliphatic heterocycles. The lowest BCUT2D eigenvalue weighted by Gasteiger charge is -2.05. The van der Waals surface area contributed by atoms with E-state index >= 15 is 0 Å². The molecule has 0 nitrogen and oxygen atoms in total. The van der Waals surface area contributed by atoms with E-state index in [1.165, 1.54) is 6.07 Å². The molecule has 0 amide bonds. The number of rotatable bonds is 1. The van der Waals surface area contributed by atoms with Crippen molar-refractivity contribution < 1.29 is 4.39 Å². The summed E-state index contributed by atoms with van der Waals surface area (Å²) in [5.74, 6) is 0.242. The number of halogens is 1. The Morgan fingerprint density at radius 1 is 1.27 bits per heavy atom. The van der Waals surface area contributed by atoms with E-state index < -0.39 is 0 Å². The summed E-state index contributed by atoms with van der Waals surface area (Å²) in [6.45, 7) is 4.11. The Morgan fingerprint density at radius 2 is 1.91 bits per heavy atom. The van der Waals surface area contributed by atoms with Gasteiger partial charge in [0.2, 0.25) is 0 Å². The van der Waals surface area contributed by atoms with Crippen LogP contribution in [-0.4, -0.2) is 0 Å². The zero-order valence-electron chi connectivity index (χ0n) is 6.76. The molecule has 60 valence electrons. The topological polar surface area (TPSA) is 0 Å². The monoisotopic (exact) mass is 170 g/mol. The van der Waals surface area contributed by atoms with Gasteiger partial charge in [-0.3, -0.25) is 0 Å². The lowest BCUT2D eigenvalue weighted by Crippen LogP contribution is -1.97. The van der Waals surface area contributed by atoms with Crippen LogP contribution in [0, 0.1) is 5.82 Å². The fourth-order valence-electron chi connectivity index (χ4n) is 0.969. The Morgan fingerprint density at radius 3 is 2.36 bits per heavy atom. The minimum atomic E-state index is -0.152. The SMILES string of the molecule is CC(C)c1cc(F)cc(P)c1. The van der Waals surface area contributed by atoms with Crippen LogP contribution in [-0.2, 0) is 0 Å². The molecule has 0 fully saturated rings. The highest BCUT2D eigenvalue weighted by atomic mass is 31.0. The molecular weight excluding hydrogens is 158 g/mol. The molecule has 1 aromatic carbocycles. The summed E-state index contributed by atoms with van der Waals surface area (Å²) in [5.41, 5.74) is 1.05. The highest BCUT2D eigenvalue weighted by Crippen LogP contribution is 2.14. The minimum Gasteiger partial charge on any atom is -0.207 e. The predicted molar refractivity (Wildman–Crippen MR) is 49.8 cm³/mol. The Kier molecular flexibility index (Phi) is 2.62. The maximum atomic E-state index is 12.8. The van der Waals surface area contributed by atoms with E-state index in [4.69, 9.17) is 0 Å². The molecule has 0 saturated carbocycles. The standard InChI is InChI=1S/C9H12FP/c1-6(2)7-3-8(10)5-9(11)4-7/h3-6H,11H2,1-2H3. The molecule has 0 aliphatic carbocycles. The first-order chi connectivity index (χ1) is 5.09. The Bertz CT molecular complexity index is 235. The van der Waals surface area contributed by atoms with Crippen molar-refractivity contribution in [2.24, 2.45) is 0 Å². The van der Waals surface area contributed by atoms with Crippen LogP contribution >= 0.6 is 9.24 Å². The zero-order valence-corrected chi connectivity index (χ0v) is 7.92. The van der Waals surface area contributed by atoms with Crippen molar-refractivity contribution >= 4 is 14.5 Å². The van der Waals surface area contributed by atoms with Gasteiger partial charge in [-0.1, -0.05) is 19.9 Å². The van der Waals surface area contributed by atoms with Gasteiger partial charge < -0.3 is 0 Å². The summed E-state index contributed by atoms with van der Waals surface area (Å²) in [6.07, 6.45) is 0.